The van der Waals surface area contributed by atoms with Crippen molar-refractivity contribution in [1.82, 2.24) is 15.1 Å². The zero-order valence-electron chi connectivity index (χ0n) is 14.1. The fourth-order valence-corrected chi connectivity index (χ4v) is 2.06. The summed E-state index contributed by atoms with van der Waals surface area (Å²) in [5, 5.41) is 3.35. The van der Waals surface area contributed by atoms with Crippen molar-refractivity contribution in [1.29, 1.82) is 0 Å². The molecule has 0 aromatic rings. The fourth-order valence-electron chi connectivity index (χ4n) is 2.06. The van der Waals surface area contributed by atoms with Gasteiger partial charge in [-0.3, -0.25) is 4.79 Å². The second-order valence-corrected chi connectivity index (χ2v) is 5.85. The topological polar surface area (TPSA) is 57.2 Å². The number of halogens is 1. The lowest BCUT2D eigenvalue weighted by molar-refractivity contribution is -0.127. The van der Waals surface area contributed by atoms with Crippen molar-refractivity contribution in [2.75, 3.05) is 54.0 Å². The Morgan fingerprint density at radius 3 is 2.59 bits per heavy atom. The van der Waals surface area contributed by atoms with Gasteiger partial charge < -0.3 is 19.9 Å². The molecule has 0 aliphatic carbocycles. The van der Waals surface area contributed by atoms with Crippen LogP contribution in [0.5, 0.6) is 0 Å². The van der Waals surface area contributed by atoms with E-state index in [-0.39, 0.29) is 36.4 Å². The Bertz CT molecular complexity index is 393. The van der Waals surface area contributed by atoms with Gasteiger partial charge in [-0.05, 0) is 13.3 Å². The summed E-state index contributed by atoms with van der Waals surface area (Å²) in [6.45, 7) is 9.20. The maximum absolute atomic E-state index is 11.7. The highest BCUT2D eigenvalue weighted by Crippen LogP contribution is 2.10. The van der Waals surface area contributed by atoms with Crippen molar-refractivity contribution in [3.8, 4) is 0 Å². The zero-order valence-corrected chi connectivity index (χ0v) is 16.4. The summed E-state index contributed by atoms with van der Waals surface area (Å²) in [6, 6.07) is 0. The van der Waals surface area contributed by atoms with E-state index < -0.39 is 0 Å². The van der Waals surface area contributed by atoms with Crippen LogP contribution in [0.4, 0.5) is 0 Å². The van der Waals surface area contributed by atoms with Crippen molar-refractivity contribution in [3.63, 3.8) is 0 Å². The molecule has 6 nitrogen and oxygen atoms in total. The highest BCUT2D eigenvalue weighted by atomic mass is 127. The molecule has 128 valence electrons. The van der Waals surface area contributed by atoms with E-state index in [4.69, 9.17) is 4.74 Å². The third-order valence-electron chi connectivity index (χ3n) is 3.30. The van der Waals surface area contributed by atoms with E-state index in [0.29, 0.717) is 12.5 Å². The third-order valence-corrected chi connectivity index (χ3v) is 3.30. The van der Waals surface area contributed by atoms with Crippen LogP contribution in [-0.2, 0) is 9.53 Å². The van der Waals surface area contributed by atoms with E-state index in [0.717, 1.165) is 37.7 Å². The first kappa shape index (κ1) is 21.2. The van der Waals surface area contributed by atoms with Crippen LogP contribution in [0, 0.1) is 5.92 Å². The van der Waals surface area contributed by atoms with Crippen LogP contribution in [-0.4, -0.2) is 75.7 Å². The predicted molar refractivity (Wildman–Crippen MR) is 101 cm³/mol. The Hall–Kier alpha value is -0.830. The van der Waals surface area contributed by atoms with E-state index in [2.05, 4.69) is 16.9 Å². The largest absolute Gasteiger partial charge is 0.381 e. The highest BCUT2D eigenvalue weighted by molar-refractivity contribution is 14.0. The Balaban J connectivity index is 0.00000441. The van der Waals surface area contributed by atoms with Crippen LogP contribution in [0.25, 0.3) is 0 Å². The number of carbonyl (C=O) groups excluding carboxylic acids is 1. The number of hydrogen-bond acceptors (Lipinski definition) is 3. The summed E-state index contributed by atoms with van der Waals surface area (Å²) >= 11 is 0. The van der Waals surface area contributed by atoms with E-state index in [1.165, 1.54) is 0 Å². The van der Waals surface area contributed by atoms with Crippen molar-refractivity contribution >= 4 is 35.8 Å². The van der Waals surface area contributed by atoms with Crippen molar-refractivity contribution in [2.24, 2.45) is 10.9 Å². The second-order valence-electron chi connectivity index (χ2n) is 5.85. The van der Waals surface area contributed by atoms with Gasteiger partial charge in [0.25, 0.3) is 0 Å². The minimum atomic E-state index is -0.0118. The molecule has 7 heteroatoms. The quantitative estimate of drug-likeness (QED) is 0.301. The molecule has 1 saturated heterocycles. The lowest BCUT2D eigenvalue weighted by atomic mass is 10.1. The average molecular weight is 424 g/mol. The molecule has 0 spiro atoms. The minimum Gasteiger partial charge on any atom is -0.381 e. The number of aliphatic imine (C=N–C) groups is 1. The molecule has 1 atom stereocenters. The Morgan fingerprint density at radius 1 is 1.41 bits per heavy atom. The SMILES string of the molecule is C=C(C)CN(C)C(=NCC(=O)N(C)C)NCC1CCOC1.I. The predicted octanol–water partition coefficient (Wildman–Crippen LogP) is 1.18. The van der Waals surface area contributed by atoms with Gasteiger partial charge in [-0.2, -0.15) is 0 Å². The number of likely N-dealkylation sites (N-methyl/N-ethyl adjacent to an activating group) is 2. The third kappa shape index (κ3) is 7.98. The standard InChI is InChI=1S/C15H28N4O2.HI/c1-12(2)10-19(5)15(17-9-14(20)18(3)4)16-8-13-6-7-21-11-13;/h13H,1,6-11H2,2-5H3,(H,16,17);1H. The van der Waals surface area contributed by atoms with E-state index in [1.807, 2.05) is 18.9 Å². The molecule has 1 unspecified atom stereocenters. The minimum absolute atomic E-state index is 0. The van der Waals surface area contributed by atoms with Gasteiger partial charge in [0.2, 0.25) is 5.91 Å². The summed E-state index contributed by atoms with van der Waals surface area (Å²) in [6.07, 6.45) is 1.07. The Morgan fingerprint density at radius 2 is 2.09 bits per heavy atom. The average Bonchev–Trinajstić information content (AvgIpc) is 2.90. The first-order chi connectivity index (χ1) is 9.90. The molecule has 0 radical (unpaired) electrons. The van der Waals surface area contributed by atoms with Gasteiger partial charge in [0.05, 0.1) is 6.61 Å². The van der Waals surface area contributed by atoms with Crippen LogP contribution in [0.3, 0.4) is 0 Å². The smallest absolute Gasteiger partial charge is 0.243 e. The summed E-state index contributed by atoms with van der Waals surface area (Å²) < 4.78 is 5.38. The van der Waals surface area contributed by atoms with Crippen LogP contribution >= 0.6 is 24.0 Å². The highest BCUT2D eigenvalue weighted by Gasteiger charge is 2.17. The molecule has 1 rings (SSSR count). The van der Waals surface area contributed by atoms with Crippen LogP contribution in [0.15, 0.2) is 17.1 Å². The number of hydrogen-bond donors (Lipinski definition) is 1. The second kappa shape index (κ2) is 10.8. The van der Waals surface area contributed by atoms with Crippen LogP contribution in [0.2, 0.25) is 0 Å². The normalized spacial score (nSPS) is 17.6. The maximum atomic E-state index is 11.7. The molecule has 0 bridgehead atoms. The first-order valence-corrected chi connectivity index (χ1v) is 7.32. The number of nitrogens with one attached hydrogen (secondary N) is 1. The van der Waals surface area contributed by atoms with Crippen molar-refractivity contribution in [3.05, 3.63) is 12.2 Å². The molecule has 0 aromatic heterocycles. The number of ether oxygens (including phenoxy) is 1. The summed E-state index contributed by atoms with van der Waals surface area (Å²) in [7, 11) is 5.42. The van der Waals surface area contributed by atoms with Gasteiger partial charge in [-0.1, -0.05) is 12.2 Å². The molecule has 22 heavy (non-hydrogen) atoms. The van der Waals surface area contributed by atoms with E-state index >= 15 is 0 Å². The molecule has 1 amide bonds. The van der Waals surface area contributed by atoms with Gasteiger partial charge in [-0.25, -0.2) is 4.99 Å². The molecular formula is C15H29IN4O2. The molecule has 0 aromatic carbocycles. The van der Waals surface area contributed by atoms with Gasteiger partial charge in [0, 0.05) is 46.8 Å². The summed E-state index contributed by atoms with van der Waals surface area (Å²) in [5.41, 5.74) is 1.05. The van der Waals surface area contributed by atoms with Gasteiger partial charge in [-0.15, -0.1) is 24.0 Å². The molecule has 1 fully saturated rings. The molecule has 1 aliphatic heterocycles. The number of nitrogens with zero attached hydrogens (tertiary/aromatic N) is 3. The van der Waals surface area contributed by atoms with E-state index in [9.17, 15) is 4.79 Å². The summed E-state index contributed by atoms with van der Waals surface area (Å²) in [5.74, 6) is 1.24. The van der Waals surface area contributed by atoms with Crippen molar-refractivity contribution < 1.29 is 9.53 Å². The van der Waals surface area contributed by atoms with Crippen LogP contribution < -0.4 is 5.32 Å². The van der Waals surface area contributed by atoms with E-state index in [1.54, 1.807) is 19.0 Å². The Kier molecular flexibility index (Phi) is 10.4. The van der Waals surface area contributed by atoms with Gasteiger partial charge >= 0.3 is 0 Å². The maximum Gasteiger partial charge on any atom is 0.243 e. The number of guanidine groups is 1. The fraction of sp³-hybridized carbons (Fsp3) is 0.733. The van der Waals surface area contributed by atoms with Gasteiger partial charge in [0.15, 0.2) is 5.96 Å². The number of carbonyl (C=O) groups is 1. The summed E-state index contributed by atoms with van der Waals surface area (Å²) in [4.78, 5) is 19.6. The molecular weight excluding hydrogens is 395 g/mol. The molecule has 1 aliphatic rings. The van der Waals surface area contributed by atoms with Crippen molar-refractivity contribution in [2.45, 2.75) is 13.3 Å². The zero-order chi connectivity index (χ0) is 15.8. The molecule has 1 heterocycles. The number of rotatable bonds is 6. The Labute approximate surface area is 151 Å². The molecule has 1 N–H and O–H groups in total. The van der Waals surface area contributed by atoms with Gasteiger partial charge in [0.1, 0.15) is 6.54 Å². The first-order valence-electron chi connectivity index (χ1n) is 7.32. The lowest BCUT2D eigenvalue weighted by Gasteiger charge is -2.24. The monoisotopic (exact) mass is 424 g/mol. The molecule has 0 saturated carbocycles. The lowest BCUT2D eigenvalue weighted by Crippen LogP contribution is -2.42. The number of amides is 1. The van der Waals surface area contributed by atoms with Crippen LogP contribution in [0.1, 0.15) is 13.3 Å².